The standard InChI is InChI=1S/C14H19NO3/c1-3-4-10-12(14(17)18-2)15-13(16)11-8-6-5-7-9-11/h5-9,12H,3-4,10H2,1-2H3,(H,15,16)/t12-/m0/s1. The fourth-order valence-corrected chi connectivity index (χ4v) is 1.63. The Morgan fingerprint density at radius 2 is 1.94 bits per heavy atom. The Morgan fingerprint density at radius 1 is 1.28 bits per heavy atom. The molecule has 4 heteroatoms. The van der Waals surface area contributed by atoms with Gasteiger partial charge in [-0.2, -0.15) is 0 Å². The number of esters is 1. The summed E-state index contributed by atoms with van der Waals surface area (Å²) in [7, 11) is 1.33. The summed E-state index contributed by atoms with van der Waals surface area (Å²) < 4.78 is 4.69. The fourth-order valence-electron chi connectivity index (χ4n) is 1.63. The highest BCUT2D eigenvalue weighted by atomic mass is 16.5. The highest BCUT2D eigenvalue weighted by molar-refractivity contribution is 5.96. The Morgan fingerprint density at radius 3 is 2.50 bits per heavy atom. The van der Waals surface area contributed by atoms with Crippen molar-refractivity contribution in [3.63, 3.8) is 0 Å². The number of nitrogens with one attached hydrogen (secondary N) is 1. The average Bonchev–Trinajstić information content (AvgIpc) is 2.43. The molecule has 0 aliphatic rings. The molecule has 0 aromatic heterocycles. The first kappa shape index (κ1) is 14.2. The van der Waals surface area contributed by atoms with Crippen molar-refractivity contribution in [3.05, 3.63) is 35.9 Å². The third-order valence-electron chi connectivity index (χ3n) is 2.67. The summed E-state index contributed by atoms with van der Waals surface area (Å²) in [6, 6.07) is 8.27. The molecule has 1 atom stereocenters. The van der Waals surface area contributed by atoms with Gasteiger partial charge in [0.25, 0.3) is 5.91 Å². The van der Waals surface area contributed by atoms with E-state index in [4.69, 9.17) is 4.74 Å². The molecule has 4 nitrogen and oxygen atoms in total. The van der Waals surface area contributed by atoms with Crippen LogP contribution in [0.25, 0.3) is 0 Å². The first-order valence-electron chi connectivity index (χ1n) is 6.12. The number of unbranched alkanes of at least 4 members (excludes halogenated alkanes) is 1. The summed E-state index contributed by atoms with van der Waals surface area (Å²) in [6.07, 6.45) is 2.44. The lowest BCUT2D eigenvalue weighted by Gasteiger charge is -2.16. The van der Waals surface area contributed by atoms with E-state index in [2.05, 4.69) is 5.32 Å². The van der Waals surface area contributed by atoms with Crippen LogP contribution in [0.1, 0.15) is 36.5 Å². The number of carbonyl (C=O) groups excluding carboxylic acids is 2. The van der Waals surface area contributed by atoms with Crippen molar-refractivity contribution in [1.82, 2.24) is 5.32 Å². The topological polar surface area (TPSA) is 55.4 Å². The number of ether oxygens (including phenoxy) is 1. The minimum absolute atomic E-state index is 0.248. The number of rotatable bonds is 6. The molecule has 0 heterocycles. The van der Waals surface area contributed by atoms with E-state index in [1.807, 2.05) is 13.0 Å². The summed E-state index contributed by atoms with van der Waals surface area (Å²) in [5.74, 6) is -0.644. The molecule has 0 spiro atoms. The van der Waals surface area contributed by atoms with Gasteiger partial charge in [-0.1, -0.05) is 38.0 Å². The van der Waals surface area contributed by atoms with Gasteiger partial charge in [0.05, 0.1) is 7.11 Å². The maximum absolute atomic E-state index is 11.9. The Hall–Kier alpha value is -1.84. The number of amides is 1. The van der Waals surface area contributed by atoms with Crippen molar-refractivity contribution in [2.45, 2.75) is 32.2 Å². The molecule has 0 bridgehead atoms. The number of hydrogen-bond acceptors (Lipinski definition) is 3. The van der Waals surface area contributed by atoms with E-state index < -0.39 is 12.0 Å². The summed E-state index contributed by atoms with van der Waals surface area (Å²) in [6.45, 7) is 2.04. The SMILES string of the molecule is CCCC[C@H](NC(=O)c1ccccc1)C(=O)OC. The molecule has 0 aliphatic carbocycles. The lowest BCUT2D eigenvalue weighted by molar-refractivity contribution is -0.143. The smallest absolute Gasteiger partial charge is 0.328 e. The predicted molar refractivity (Wildman–Crippen MR) is 69.2 cm³/mol. The molecular weight excluding hydrogens is 230 g/mol. The van der Waals surface area contributed by atoms with Crippen LogP contribution in [0.3, 0.4) is 0 Å². The summed E-state index contributed by atoms with van der Waals surface area (Å²) in [5, 5.41) is 2.71. The van der Waals surface area contributed by atoms with Crippen molar-refractivity contribution in [2.24, 2.45) is 0 Å². The van der Waals surface area contributed by atoms with E-state index in [9.17, 15) is 9.59 Å². The molecule has 0 aliphatic heterocycles. The molecule has 1 aromatic carbocycles. The van der Waals surface area contributed by atoms with Crippen LogP contribution in [0, 0.1) is 0 Å². The van der Waals surface area contributed by atoms with Gasteiger partial charge in [0, 0.05) is 5.56 Å². The van der Waals surface area contributed by atoms with Crippen LogP contribution in [-0.4, -0.2) is 25.0 Å². The lowest BCUT2D eigenvalue weighted by atomic mass is 10.1. The summed E-state index contributed by atoms with van der Waals surface area (Å²) >= 11 is 0. The molecule has 0 radical (unpaired) electrons. The molecular formula is C14H19NO3. The monoisotopic (exact) mass is 249 g/mol. The Bertz CT molecular complexity index is 389. The molecule has 1 aromatic rings. The number of benzene rings is 1. The van der Waals surface area contributed by atoms with E-state index in [-0.39, 0.29) is 5.91 Å². The minimum Gasteiger partial charge on any atom is -0.467 e. The van der Waals surface area contributed by atoms with Gasteiger partial charge in [-0.05, 0) is 18.6 Å². The molecule has 0 saturated carbocycles. The van der Waals surface area contributed by atoms with E-state index in [1.54, 1.807) is 24.3 Å². The average molecular weight is 249 g/mol. The van der Waals surface area contributed by atoms with E-state index in [1.165, 1.54) is 7.11 Å². The molecule has 98 valence electrons. The zero-order valence-electron chi connectivity index (χ0n) is 10.8. The van der Waals surface area contributed by atoms with Crippen molar-refractivity contribution < 1.29 is 14.3 Å². The van der Waals surface area contributed by atoms with Gasteiger partial charge in [0.2, 0.25) is 0 Å². The Balaban J connectivity index is 2.65. The maximum Gasteiger partial charge on any atom is 0.328 e. The second-order valence-electron chi connectivity index (χ2n) is 4.06. The van der Waals surface area contributed by atoms with Crippen molar-refractivity contribution >= 4 is 11.9 Å². The first-order valence-corrected chi connectivity index (χ1v) is 6.12. The molecule has 1 N–H and O–H groups in total. The third-order valence-corrected chi connectivity index (χ3v) is 2.67. The molecule has 0 fully saturated rings. The van der Waals surface area contributed by atoms with Crippen LogP contribution >= 0.6 is 0 Å². The second-order valence-corrected chi connectivity index (χ2v) is 4.06. The second kappa shape index (κ2) is 7.48. The van der Waals surface area contributed by atoms with E-state index in [0.29, 0.717) is 12.0 Å². The van der Waals surface area contributed by atoms with Crippen molar-refractivity contribution in [2.75, 3.05) is 7.11 Å². The highest BCUT2D eigenvalue weighted by Gasteiger charge is 2.21. The minimum atomic E-state index is -0.567. The van der Waals surface area contributed by atoms with Gasteiger partial charge < -0.3 is 10.1 Å². The van der Waals surface area contributed by atoms with Crippen LogP contribution in [0.2, 0.25) is 0 Å². The van der Waals surface area contributed by atoms with Gasteiger partial charge in [0.15, 0.2) is 0 Å². The maximum atomic E-state index is 11.9. The summed E-state index contributed by atoms with van der Waals surface area (Å²) in [5.41, 5.74) is 0.544. The van der Waals surface area contributed by atoms with Gasteiger partial charge in [-0.15, -0.1) is 0 Å². The zero-order chi connectivity index (χ0) is 13.4. The van der Waals surface area contributed by atoms with Crippen LogP contribution in [0.15, 0.2) is 30.3 Å². The number of methoxy groups -OCH3 is 1. The quantitative estimate of drug-likeness (QED) is 0.786. The largest absolute Gasteiger partial charge is 0.467 e. The van der Waals surface area contributed by atoms with Crippen LogP contribution in [0.4, 0.5) is 0 Å². The molecule has 1 rings (SSSR count). The van der Waals surface area contributed by atoms with Crippen LogP contribution < -0.4 is 5.32 Å². The Labute approximate surface area is 107 Å². The highest BCUT2D eigenvalue weighted by Crippen LogP contribution is 2.05. The van der Waals surface area contributed by atoms with E-state index >= 15 is 0 Å². The van der Waals surface area contributed by atoms with Gasteiger partial charge >= 0.3 is 5.97 Å². The predicted octanol–water partition coefficient (Wildman–Crippen LogP) is 2.15. The fraction of sp³-hybridized carbons (Fsp3) is 0.429. The lowest BCUT2D eigenvalue weighted by Crippen LogP contribution is -2.41. The molecule has 18 heavy (non-hydrogen) atoms. The number of carbonyl (C=O) groups is 2. The summed E-state index contributed by atoms with van der Waals surface area (Å²) in [4.78, 5) is 23.5. The Kier molecular flexibility index (Phi) is 5.91. The third kappa shape index (κ3) is 4.20. The molecule has 0 saturated heterocycles. The number of hydrogen-bond donors (Lipinski definition) is 1. The molecule has 0 unspecified atom stereocenters. The van der Waals surface area contributed by atoms with Gasteiger partial charge in [0.1, 0.15) is 6.04 Å². The first-order chi connectivity index (χ1) is 8.69. The van der Waals surface area contributed by atoms with Crippen molar-refractivity contribution in [3.8, 4) is 0 Å². The van der Waals surface area contributed by atoms with Crippen LogP contribution in [-0.2, 0) is 9.53 Å². The van der Waals surface area contributed by atoms with Crippen LogP contribution in [0.5, 0.6) is 0 Å². The van der Waals surface area contributed by atoms with Gasteiger partial charge in [-0.25, -0.2) is 4.79 Å². The van der Waals surface area contributed by atoms with Crippen molar-refractivity contribution in [1.29, 1.82) is 0 Å². The normalized spacial score (nSPS) is 11.7. The van der Waals surface area contributed by atoms with Gasteiger partial charge in [-0.3, -0.25) is 4.79 Å². The zero-order valence-corrected chi connectivity index (χ0v) is 10.8. The van der Waals surface area contributed by atoms with E-state index in [0.717, 1.165) is 12.8 Å². The molecule has 1 amide bonds.